The zero-order valence-corrected chi connectivity index (χ0v) is 9.12. The third-order valence-electron chi connectivity index (χ3n) is 1.93. The van der Waals surface area contributed by atoms with Crippen molar-refractivity contribution in [2.75, 3.05) is 14.2 Å². The molecule has 1 unspecified atom stereocenters. The molecule has 1 aromatic rings. The molecular weight excluding hydrogens is 220 g/mol. The predicted molar refractivity (Wildman–Crippen MR) is 55.0 cm³/mol. The van der Waals surface area contributed by atoms with E-state index in [4.69, 9.17) is 16.3 Å². The number of hydrogen-bond acceptors (Lipinski definition) is 4. The van der Waals surface area contributed by atoms with Crippen molar-refractivity contribution in [2.24, 2.45) is 0 Å². The molecule has 0 fully saturated rings. The lowest BCUT2D eigenvalue weighted by Crippen LogP contribution is -2.14. The zero-order chi connectivity index (χ0) is 11.4. The highest BCUT2D eigenvalue weighted by molar-refractivity contribution is 6.31. The maximum absolute atomic E-state index is 11.1. The van der Waals surface area contributed by atoms with Crippen LogP contribution >= 0.6 is 11.6 Å². The van der Waals surface area contributed by atoms with Crippen molar-refractivity contribution in [3.05, 3.63) is 28.8 Å². The molecule has 0 amide bonds. The predicted octanol–water partition coefficient (Wildman–Crippen LogP) is 1.55. The molecular formula is C10H11ClO4. The van der Waals surface area contributed by atoms with E-state index < -0.39 is 12.1 Å². The number of carbonyl (C=O) groups excluding carboxylic acids is 1. The van der Waals surface area contributed by atoms with Crippen LogP contribution in [0.15, 0.2) is 18.2 Å². The SMILES string of the molecule is COC(=O)C(O)c1c(Cl)cccc1OC. The molecule has 1 atom stereocenters. The minimum atomic E-state index is -1.43. The fourth-order valence-corrected chi connectivity index (χ4v) is 1.46. The number of rotatable bonds is 3. The summed E-state index contributed by atoms with van der Waals surface area (Å²) in [5.41, 5.74) is 0.216. The van der Waals surface area contributed by atoms with Crippen LogP contribution in [0.25, 0.3) is 0 Å². The summed E-state index contributed by atoms with van der Waals surface area (Å²) in [7, 11) is 2.62. The summed E-state index contributed by atoms with van der Waals surface area (Å²) in [6, 6.07) is 4.83. The standard InChI is InChI=1S/C10H11ClO4/c1-14-7-5-3-4-6(11)8(7)9(12)10(13)15-2/h3-5,9,12H,1-2H3. The molecule has 0 bridgehead atoms. The largest absolute Gasteiger partial charge is 0.496 e. The summed E-state index contributed by atoms with van der Waals surface area (Å²) in [4.78, 5) is 11.1. The van der Waals surface area contributed by atoms with E-state index in [1.165, 1.54) is 14.2 Å². The monoisotopic (exact) mass is 230 g/mol. The van der Waals surface area contributed by atoms with Gasteiger partial charge < -0.3 is 14.6 Å². The Morgan fingerprint density at radius 1 is 1.47 bits per heavy atom. The highest BCUT2D eigenvalue weighted by Gasteiger charge is 2.24. The van der Waals surface area contributed by atoms with Gasteiger partial charge in [-0.25, -0.2) is 4.79 Å². The topological polar surface area (TPSA) is 55.8 Å². The minimum Gasteiger partial charge on any atom is -0.496 e. The Labute approximate surface area is 92.4 Å². The second-order valence-electron chi connectivity index (χ2n) is 2.78. The van der Waals surface area contributed by atoms with E-state index in [1.807, 2.05) is 0 Å². The van der Waals surface area contributed by atoms with Crippen molar-refractivity contribution in [3.8, 4) is 5.75 Å². The van der Waals surface area contributed by atoms with Gasteiger partial charge in [-0.1, -0.05) is 17.7 Å². The molecule has 15 heavy (non-hydrogen) atoms. The maximum atomic E-state index is 11.1. The summed E-state index contributed by atoms with van der Waals surface area (Å²) in [6.07, 6.45) is -1.43. The van der Waals surface area contributed by atoms with E-state index in [-0.39, 0.29) is 10.6 Å². The summed E-state index contributed by atoms with van der Waals surface area (Å²) < 4.78 is 9.41. The van der Waals surface area contributed by atoms with Crippen LogP contribution in [0.3, 0.4) is 0 Å². The number of esters is 1. The summed E-state index contributed by atoms with van der Waals surface area (Å²) in [6.45, 7) is 0. The van der Waals surface area contributed by atoms with Gasteiger partial charge >= 0.3 is 5.97 Å². The van der Waals surface area contributed by atoms with E-state index in [0.29, 0.717) is 5.75 Å². The highest BCUT2D eigenvalue weighted by Crippen LogP contribution is 2.32. The molecule has 0 spiro atoms. The van der Waals surface area contributed by atoms with Crippen molar-refractivity contribution in [1.29, 1.82) is 0 Å². The maximum Gasteiger partial charge on any atom is 0.339 e. The summed E-state index contributed by atoms with van der Waals surface area (Å²) >= 11 is 5.86. The van der Waals surface area contributed by atoms with Crippen molar-refractivity contribution in [2.45, 2.75) is 6.10 Å². The van der Waals surface area contributed by atoms with Crippen LogP contribution in [0.1, 0.15) is 11.7 Å². The molecule has 1 aromatic carbocycles. The molecule has 5 heteroatoms. The first-order valence-corrected chi connectivity index (χ1v) is 4.58. The lowest BCUT2D eigenvalue weighted by Gasteiger charge is -2.14. The van der Waals surface area contributed by atoms with Gasteiger partial charge in [-0.3, -0.25) is 0 Å². The third-order valence-corrected chi connectivity index (χ3v) is 2.26. The van der Waals surface area contributed by atoms with E-state index in [9.17, 15) is 9.90 Å². The zero-order valence-electron chi connectivity index (χ0n) is 8.36. The van der Waals surface area contributed by atoms with Gasteiger partial charge in [-0.15, -0.1) is 0 Å². The van der Waals surface area contributed by atoms with Gasteiger partial charge in [-0.2, -0.15) is 0 Å². The minimum absolute atomic E-state index is 0.216. The average molecular weight is 231 g/mol. The number of aliphatic hydroxyl groups is 1. The van der Waals surface area contributed by atoms with Gasteiger partial charge in [0.05, 0.1) is 24.8 Å². The summed E-state index contributed by atoms with van der Waals surface area (Å²) in [5.74, 6) is -0.429. The average Bonchev–Trinajstić information content (AvgIpc) is 2.26. The Hall–Kier alpha value is -1.26. The molecule has 0 heterocycles. The molecule has 0 aliphatic rings. The van der Waals surface area contributed by atoms with Gasteiger partial charge in [0.25, 0.3) is 0 Å². The highest BCUT2D eigenvalue weighted by atomic mass is 35.5. The van der Waals surface area contributed by atoms with Crippen LogP contribution in [0, 0.1) is 0 Å². The van der Waals surface area contributed by atoms with E-state index in [2.05, 4.69) is 4.74 Å². The van der Waals surface area contributed by atoms with Crippen LogP contribution in [0.5, 0.6) is 5.75 Å². The molecule has 0 aliphatic carbocycles. The molecule has 0 saturated heterocycles. The van der Waals surface area contributed by atoms with Gasteiger partial charge in [0.15, 0.2) is 6.10 Å². The second-order valence-corrected chi connectivity index (χ2v) is 3.19. The number of benzene rings is 1. The molecule has 1 N–H and O–H groups in total. The number of halogens is 1. The fourth-order valence-electron chi connectivity index (χ4n) is 1.19. The molecule has 4 nitrogen and oxygen atoms in total. The molecule has 1 rings (SSSR count). The fraction of sp³-hybridized carbons (Fsp3) is 0.300. The van der Waals surface area contributed by atoms with Crippen LogP contribution in [0.2, 0.25) is 5.02 Å². The number of aliphatic hydroxyl groups excluding tert-OH is 1. The smallest absolute Gasteiger partial charge is 0.339 e. The van der Waals surface area contributed by atoms with Crippen molar-refractivity contribution < 1.29 is 19.4 Å². The number of carbonyl (C=O) groups is 1. The quantitative estimate of drug-likeness (QED) is 0.801. The van der Waals surface area contributed by atoms with Crippen LogP contribution < -0.4 is 4.74 Å². The van der Waals surface area contributed by atoms with Gasteiger partial charge in [-0.05, 0) is 12.1 Å². The van der Waals surface area contributed by atoms with Crippen molar-refractivity contribution in [3.63, 3.8) is 0 Å². The Balaban J connectivity index is 3.16. The van der Waals surface area contributed by atoms with Crippen LogP contribution in [0.4, 0.5) is 0 Å². The molecule has 0 aliphatic heterocycles. The van der Waals surface area contributed by atoms with E-state index in [0.717, 1.165) is 0 Å². The number of ether oxygens (including phenoxy) is 2. The third kappa shape index (κ3) is 2.40. The van der Waals surface area contributed by atoms with Crippen LogP contribution in [-0.4, -0.2) is 25.3 Å². The summed E-state index contributed by atoms with van der Waals surface area (Å²) in [5, 5.41) is 9.90. The van der Waals surface area contributed by atoms with Crippen molar-refractivity contribution >= 4 is 17.6 Å². The lowest BCUT2D eigenvalue weighted by molar-refractivity contribution is -0.150. The first kappa shape index (κ1) is 11.8. The van der Waals surface area contributed by atoms with Gasteiger partial charge in [0, 0.05) is 0 Å². The normalized spacial score (nSPS) is 12.0. The lowest BCUT2D eigenvalue weighted by atomic mass is 10.1. The Kier molecular flexibility index (Phi) is 3.94. The Morgan fingerprint density at radius 2 is 2.13 bits per heavy atom. The number of hydrogen-bond donors (Lipinski definition) is 1. The second kappa shape index (κ2) is 5.00. The van der Waals surface area contributed by atoms with Gasteiger partial charge in [0.1, 0.15) is 5.75 Å². The Morgan fingerprint density at radius 3 is 2.67 bits per heavy atom. The Bertz CT molecular complexity index is 364. The van der Waals surface area contributed by atoms with E-state index in [1.54, 1.807) is 18.2 Å². The molecule has 82 valence electrons. The molecule has 0 aromatic heterocycles. The van der Waals surface area contributed by atoms with Crippen molar-refractivity contribution in [1.82, 2.24) is 0 Å². The number of methoxy groups -OCH3 is 2. The first-order chi connectivity index (χ1) is 7.11. The van der Waals surface area contributed by atoms with Crippen LogP contribution in [-0.2, 0) is 9.53 Å². The van der Waals surface area contributed by atoms with Gasteiger partial charge in [0.2, 0.25) is 0 Å². The molecule has 0 radical (unpaired) electrons. The molecule has 0 saturated carbocycles. The first-order valence-electron chi connectivity index (χ1n) is 4.20. The van der Waals surface area contributed by atoms with E-state index >= 15 is 0 Å².